The first-order valence-electron chi connectivity index (χ1n) is 13.6. The molecule has 2 saturated heterocycles. The highest BCUT2D eigenvalue weighted by molar-refractivity contribution is 7.88. The van der Waals surface area contributed by atoms with Crippen LogP contribution in [0.5, 0.6) is 0 Å². The molecule has 42 heavy (non-hydrogen) atoms. The summed E-state index contributed by atoms with van der Waals surface area (Å²) in [7, 11) is -3.49. The van der Waals surface area contributed by atoms with Gasteiger partial charge in [0, 0.05) is 49.9 Å². The van der Waals surface area contributed by atoms with Crippen LogP contribution in [0.3, 0.4) is 0 Å². The Hall–Kier alpha value is -4.04. The number of nitrogens with zero attached hydrogens (tertiary/aromatic N) is 3. The molecule has 1 spiro atoms. The lowest BCUT2D eigenvalue weighted by atomic mass is 9.94. The minimum absolute atomic E-state index is 0.0355. The maximum atomic E-state index is 13.7. The molecule has 0 radical (unpaired) electrons. The number of imide groups is 1. The summed E-state index contributed by atoms with van der Waals surface area (Å²) < 4.78 is 44.7. The summed E-state index contributed by atoms with van der Waals surface area (Å²) in [6.07, 6.45) is 1.12. The molecule has 2 N–H and O–H groups in total. The Labute approximate surface area is 242 Å². The van der Waals surface area contributed by atoms with Gasteiger partial charge in [-0.1, -0.05) is 18.2 Å². The van der Waals surface area contributed by atoms with Gasteiger partial charge in [0.2, 0.25) is 21.5 Å². The molecule has 3 aliphatic rings. The van der Waals surface area contributed by atoms with Gasteiger partial charge < -0.3 is 20.3 Å². The molecule has 2 aliphatic heterocycles. The van der Waals surface area contributed by atoms with E-state index in [2.05, 4.69) is 10.6 Å². The Morgan fingerprint density at radius 2 is 1.90 bits per heavy atom. The number of sulfonamides is 1. The molecule has 2 aromatic carbocycles. The van der Waals surface area contributed by atoms with Crippen LogP contribution in [-0.4, -0.2) is 84.9 Å². The van der Waals surface area contributed by atoms with Gasteiger partial charge in [-0.2, -0.15) is 0 Å². The highest BCUT2D eigenvalue weighted by Gasteiger charge is 2.58. The Kier molecular flexibility index (Phi) is 7.94. The molecule has 0 bridgehead atoms. The van der Waals surface area contributed by atoms with E-state index in [1.165, 1.54) is 33.5 Å². The fraction of sp³-hybridized carbons (Fsp3) is 0.429. The van der Waals surface area contributed by atoms with E-state index in [9.17, 15) is 32.0 Å². The average molecular weight is 602 g/mol. The van der Waals surface area contributed by atoms with E-state index in [0.29, 0.717) is 36.2 Å². The van der Waals surface area contributed by atoms with Crippen LogP contribution < -0.4 is 10.6 Å². The molecular formula is C28H32FN5O7S. The maximum absolute atomic E-state index is 13.7. The average Bonchev–Trinajstić information content (AvgIpc) is 3.62. The summed E-state index contributed by atoms with van der Waals surface area (Å²) in [5.41, 5.74) is 0.801. The predicted octanol–water partition coefficient (Wildman–Crippen LogP) is 2.15. The molecule has 2 heterocycles. The minimum Gasteiger partial charge on any atom is -0.427 e. The van der Waals surface area contributed by atoms with Gasteiger partial charge in [-0.05, 0) is 55.2 Å². The lowest BCUT2D eigenvalue weighted by molar-refractivity contribution is -0.143. The Morgan fingerprint density at radius 1 is 1.17 bits per heavy atom. The van der Waals surface area contributed by atoms with Crippen molar-refractivity contribution in [2.45, 2.75) is 44.4 Å². The number of benzene rings is 2. The van der Waals surface area contributed by atoms with Crippen molar-refractivity contribution in [2.75, 3.05) is 37.8 Å². The van der Waals surface area contributed by atoms with Crippen molar-refractivity contribution in [1.29, 1.82) is 0 Å². The number of ether oxygens (including phenoxy) is 1. The molecule has 224 valence electrons. The van der Waals surface area contributed by atoms with Crippen LogP contribution in [-0.2, 0) is 42.9 Å². The van der Waals surface area contributed by atoms with Crippen LogP contribution in [0.15, 0.2) is 42.5 Å². The lowest BCUT2D eigenvalue weighted by Crippen LogP contribution is -2.48. The summed E-state index contributed by atoms with van der Waals surface area (Å²) in [4.78, 5) is 54.6. The van der Waals surface area contributed by atoms with Gasteiger partial charge in [0.05, 0.1) is 6.26 Å². The van der Waals surface area contributed by atoms with Gasteiger partial charge >= 0.3 is 12.1 Å². The fourth-order valence-electron chi connectivity index (χ4n) is 5.77. The molecular weight excluding hydrogens is 569 g/mol. The second kappa shape index (κ2) is 11.3. The quantitative estimate of drug-likeness (QED) is 0.472. The summed E-state index contributed by atoms with van der Waals surface area (Å²) >= 11 is 0. The van der Waals surface area contributed by atoms with E-state index in [1.54, 1.807) is 25.1 Å². The monoisotopic (exact) mass is 601 g/mol. The number of anilines is 1. The van der Waals surface area contributed by atoms with E-state index in [1.807, 2.05) is 0 Å². The van der Waals surface area contributed by atoms with E-state index in [4.69, 9.17) is 4.74 Å². The lowest BCUT2D eigenvalue weighted by Gasteiger charge is -2.30. The minimum atomic E-state index is -3.49. The molecule has 0 unspecified atom stereocenters. The van der Waals surface area contributed by atoms with Gasteiger partial charge in [0.1, 0.15) is 12.4 Å². The number of carbonyl (C=O) groups is 4. The van der Waals surface area contributed by atoms with Gasteiger partial charge in [0.15, 0.2) is 0 Å². The van der Waals surface area contributed by atoms with Crippen LogP contribution in [0.1, 0.15) is 36.5 Å². The van der Waals surface area contributed by atoms with Crippen LogP contribution in [0.25, 0.3) is 0 Å². The second-order valence-electron chi connectivity index (χ2n) is 10.7. The zero-order chi connectivity index (χ0) is 30.2. The number of amides is 5. The highest BCUT2D eigenvalue weighted by atomic mass is 32.2. The third-order valence-corrected chi connectivity index (χ3v) is 9.14. The van der Waals surface area contributed by atoms with Gasteiger partial charge in [-0.3, -0.25) is 9.59 Å². The number of fused-ring (bicyclic) bond motifs is 2. The fourth-order valence-corrected chi connectivity index (χ4v) is 6.65. The van der Waals surface area contributed by atoms with Crippen molar-refractivity contribution >= 4 is 39.6 Å². The molecule has 5 rings (SSSR count). The van der Waals surface area contributed by atoms with Crippen molar-refractivity contribution in [3.8, 4) is 0 Å². The first-order valence-corrected chi connectivity index (χ1v) is 15.5. The van der Waals surface area contributed by atoms with Crippen LogP contribution in [0.4, 0.5) is 19.7 Å². The third kappa shape index (κ3) is 5.68. The summed E-state index contributed by atoms with van der Waals surface area (Å²) in [5.74, 6) is -1.67. The van der Waals surface area contributed by atoms with Gasteiger partial charge in [-0.15, -0.1) is 0 Å². The van der Waals surface area contributed by atoms with E-state index in [0.717, 1.165) is 16.7 Å². The zero-order valence-corrected chi connectivity index (χ0v) is 24.1. The van der Waals surface area contributed by atoms with E-state index < -0.39 is 51.9 Å². The van der Waals surface area contributed by atoms with Crippen molar-refractivity contribution in [3.63, 3.8) is 0 Å². The van der Waals surface area contributed by atoms with Crippen LogP contribution in [0.2, 0.25) is 0 Å². The molecule has 0 saturated carbocycles. The SMILES string of the molecule is CCNC(=O)Nc1ccc2c(c1)CC[C@@]21OC(=O)N(CC(=O)N(Cc2ccc(F)cc2)[C@@H]2CCN(S(C)(=O)=O)C2)C1=O. The van der Waals surface area contributed by atoms with Gasteiger partial charge in [0.25, 0.3) is 5.91 Å². The molecule has 2 fully saturated rings. The molecule has 12 nitrogen and oxygen atoms in total. The van der Waals surface area contributed by atoms with E-state index >= 15 is 0 Å². The second-order valence-corrected chi connectivity index (χ2v) is 12.6. The normalized spacial score (nSPS) is 21.9. The molecule has 1 aliphatic carbocycles. The summed E-state index contributed by atoms with van der Waals surface area (Å²) in [6.45, 7) is 1.97. The smallest absolute Gasteiger partial charge is 0.418 e. The standard InChI is InChI=1S/C28H32FN5O7S/c1-3-30-26(37)31-21-8-9-23-19(14-21)10-12-28(23)25(36)34(27(38)41-28)17-24(35)33(15-18-4-6-20(29)7-5-18)22-11-13-32(16-22)42(2,39)40/h4-9,14,22H,3,10-13,15-17H2,1-2H3,(H2,30,31,37)/t22-,28-/m1/s1. The zero-order valence-electron chi connectivity index (χ0n) is 23.3. The van der Waals surface area contributed by atoms with Crippen molar-refractivity contribution in [3.05, 3.63) is 65.0 Å². The number of hydrogen-bond acceptors (Lipinski definition) is 7. The number of carbonyl (C=O) groups excluding carboxylic acids is 4. The molecule has 14 heteroatoms. The maximum Gasteiger partial charge on any atom is 0.418 e. The number of rotatable bonds is 8. The van der Waals surface area contributed by atoms with E-state index in [-0.39, 0.29) is 32.1 Å². The largest absolute Gasteiger partial charge is 0.427 e. The summed E-state index contributed by atoms with van der Waals surface area (Å²) in [6, 6.07) is 9.67. The number of aryl methyl sites for hydroxylation is 1. The Morgan fingerprint density at radius 3 is 2.57 bits per heavy atom. The number of halogens is 1. The molecule has 2 aromatic rings. The van der Waals surface area contributed by atoms with Crippen LogP contribution >= 0.6 is 0 Å². The highest BCUT2D eigenvalue weighted by Crippen LogP contribution is 2.46. The first kappa shape index (κ1) is 29.5. The molecule has 5 amide bonds. The Bertz CT molecular complexity index is 1530. The third-order valence-electron chi connectivity index (χ3n) is 7.87. The predicted molar refractivity (Wildman–Crippen MR) is 149 cm³/mol. The Balaban J connectivity index is 1.35. The number of nitrogens with one attached hydrogen (secondary N) is 2. The number of urea groups is 1. The van der Waals surface area contributed by atoms with Crippen molar-refractivity contribution in [1.82, 2.24) is 19.4 Å². The molecule has 2 atom stereocenters. The van der Waals surface area contributed by atoms with Crippen molar-refractivity contribution in [2.24, 2.45) is 0 Å². The molecule has 0 aromatic heterocycles. The van der Waals surface area contributed by atoms with Gasteiger partial charge in [-0.25, -0.2) is 31.6 Å². The number of hydrogen-bond donors (Lipinski definition) is 2. The van der Waals surface area contributed by atoms with Crippen molar-refractivity contribution < 1.29 is 36.7 Å². The van der Waals surface area contributed by atoms with Crippen LogP contribution in [0, 0.1) is 5.82 Å². The first-order chi connectivity index (χ1) is 19.9. The topological polar surface area (TPSA) is 145 Å². The summed E-state index contributed by atoms with van der Waals surface area (Å²) in [5, 5.41) is 5.35.